The summed E-state index contributed by atoms with van der Waals surface area (Å²) in [6.45, 7) is 1.77. The number of hydrogen-bond donors (Lipinski definition) is 2. The molecule has 1 aromatic carbocycles. The number of carbonyl (C=O) groups excluding carboxylic acids is 1. The van der Waals surface area contributed by atoms with E-state index in [1.165, 1.54) is 22.2 Å². The third-order valence-corrected chi connectivity index (χ3v) is 4.00. The second kappa shape index (κ2) is 4.48. The van der Waals surface area contributed by atoms with Crippen molar-refractivity contribution < 1.29 is 9.32 Å². The molecule has 5 nitrogen and oxygen atoms in total. The van der Waals surface area contributed by atoms with Gasteiger partial charge in [-0.05, 0) is 25.0 Å². The van der Waals surface area contributed by atoms with Crippen molar-refractivity contribution in [1.29, 1.82) is 0 Å². The summed E-state index contributed by atoms with van der Waals surface area (Å²) in [7, 11) is 0. The predicted octanol–water partition coefficient (Wildman–Crippen LogP) is 2.36. The summed E-state index contributed by atoms with van der Waals surface area (Å²) in [5.41, 5.74) is 4.04. The van der Waals surface area contributed by atoms with Crippen molar-refractivity contribution in [3.8, 4) is 0 Å². The van der Waals surface area contributed by atoms with Crippen molar-refractivity contribution >= 4 is 16.8 Å². The van der Waals surface area contributed by atoms with Crippen molar-refractivity contribution in [2.24, 2.45) is 0 Å². The third kappa shape index (κ3) is 2.01. The zero-order valence-corrected chi connectivity index (χ0v) is 11.6. The average molecular weight is 281 g/mol. The largest absolute Gasteiger partial charge is 0.361 e. The molecular weight excluding hydrogens is 266 g/mol. The fourth-order valence-corrected chi connectivity index (χ4v) is 3.06. The number of hydrogen-bond acceptors (Lipinski definition) is 3. The van der Waals surface area contributed by atoms with Crippen molar-refractivity contribution in [1.82, 2.24) is 15.5 Å². The first-order chi connectivity index (χ1) is 10.2. The van der Waals surface area contributed by atoms with Gasteiger partial charge in [-0.25, -0.2) is 0 Å². The Labute approximate surface area is 121 Å². The van der Waals surface area contributed by atoms with E-state index in [4.69, 9.17) is 4.52 Å². The molecule has 1 atom stereocenters. The predicted molar refractivity (Wildman–Crippen MR) is 78.2 cm³/mol. The number of amides is 1. The first kappa shape index (κ1) is 12.2. The van der Waals surface area contributed by atoms with Crippen LogP contribution in [0.25, 0.3) is 10.9 Å². The van der Waals surface area contributed by atoms with Crippen LogP contribution in [-0.2, 0) is 12.8 Å². The molecule has 2 heterocycles. The first-order valence-electron chi connectivity index (χ1n) is 7.03. The molecule has 21 heavy (non-hydrogen) atoms. The molecular formula is C16H15N3O2. The molecule has 1 aliphatic carbocycles. The van der Waals surface area contributed by atoms with Gasteiger partial charge in [-0.2, -0.15) is 0 Å². The maximum absolute atomic E-state index is 12.1. The van der Waals surface area contributed by atoms with Gasteiger partial charge in [0.2, 0.25) is 0 Å². The Bertz CT molecular complexity index is 831. The standard InChI is InChI=1S/C16H15N3O2/c1-9-6-15(19-21-9)16(20)17-10-7-12-11-4-2-3-5-13(11)18-14(12)8-10/h2-6,10,18H,7-8H2,1H3,(H,17,20). The zero-order valence-electron chi connectivity index (χ0n) is 11.6. The molecule has 1 amide bonds. The highest BCUT2D eigenvalue weighted by molar-refractivity contribution is 5.92. The van der Waals surface area contributed by atoms with Crippen LogP contribution in [0.15, 0.2) is 34.9 Å². The minimum atomic E-state index is -0.175. The SMILES string of the molecule is Cc1cc(C(=O)NC2Cc3[nH]c4ccccc4c3C2)no1. The van der Waals surface area contributed by atoms with Gasteiger partial charge < -0.3 is 14.8 Å². The summed E-state index contributed by atoms with van der Waals surface area (Å²) < 4.78 is 4.94. The molecule has 0 radical (unpaired) electrons. The molecule has 1 unspecified atom stereocenters. The van der Waals surface area contributed by atoms with Gasteiger partial charge >= 0.3 is 0 Å². The maximum Gasteiger partial charge on any atom is 0.273 e. The third-order valence-electron chi connectivity index (χ3n) is 4.00. The Hall–Kier alpha value is -2.56. The van der Waals surface area contributed by atoms with Crippen molar-refractivity contribution in [2.45, 2.75) is 25.8 Å². The molecule has 0 fully saturated rings. The molecule has 1 aliphatic rings. The monoisotopic (exact) mass is 281 g/mol. The van der Waals surface area contributed by atoms with Crippen molar-refractivity contribution in [2.75, 3.05) is 0 Å². The molecule has 2 N–H and O–H groups in total. The van der Waals surface area contributed by atoms with Crippen molar-refractivity contribution in [3.05, 3.63) is 53.0 Å². The molecule has 2 aromatic heterocycles. The van der Waals surface area contributed by atoms with Crippen LogP contribution in [0.5, 0.6) is 0 Å². The normalized spacial score (nSPS) is 17.1. The number of aromatic amines is 1. The molecule has 0 spiro atoms. The van der Waals surface area contributed by atoms with Gasteiger partial charge in [0.05, 0.1) is 0 Å². The van der Waals surface area contributed by atoms with E-state index in [9.17, 15) is 4.79 Å². The minimum Gasteiger partial charge on any atom is -0.361 e. The summed E-state index contributed by atoms with van der Waals surface area (Å²) in [6.07, 6.45) is 1.68. The van der Waals surface area contributed by atoms with Gasteiger partial charge in [0, 0.05) is 35.1 Å². The van der Waals surface area contributed by atoms with Crippen LogP contribution in [0.2, 0.25) is 0 Å². The fourth-order valence-electron chi connectivity index (χ4n) is 3.06. The molecule has 0 saturated heterocycles. The first-order valence-corrected chi connectivity index (χ1v) is 7.03. The second-order valence-electron chi connectivity index (χ2n) is 5.53. The highest BCUT2D eigenvalue weighted by Crippen LogP contribution is 2.30. The van der Waals surface area contributed by atoms with E-state index in [2.05, 4.69) is 27.6 Å². The number of para-hydroxylation sites is 1. The summed E-state index contributed by atoms with van der Waals surface area (Å²) in [5, 5.41) is 8.03. The molecule has 106 valence electrons. The van der Waals surface area contributed by atoms with Crippen LogP contribution in [0, 0.1) is 6.92 Å². The lowest BCUT2D eigenvalue weighted by Gasteiger charge is -2.10. The number of aryl methyl sites for hydroxylation is 1. The average Bonchev–Trinajstić information content (AvgIpc) is 3.12. The van der Waals surface area contributed by atoms with E-state index < -0.39 is 0 Å². The van der Waals surface area contributed by atoms with Gasteiger partial charge in [0.1, 0.15) is 5.76 Å². The minimum absolute atomic E-state index is 0.111. The molecule has 0 bridgehead atoms. The number of fused-ring (bicyclic) bond motifs is 3. The molecule has 5 heteroatoms. The molecule has 3 aromatic rings. The van der Waals surface area contributed by atoms with Gasteiger partial charge in [-0.1, -0.05) is 23.4 Å². The lowest BCUT2D eigenvalue weighted by Crippen LogP contribution is -2.35. The molecule has 0 aliphatic heterocycles. The van der Waals surface area contributed by atoms with Gasteiger partial charge in [-0.15, -0.1) is 0 Å². The second-order valence-corrected chi connectivity index (χ2v) is 5.53. The number of benzene rings is 1. The van der Waals surface area contributed by atoms with Crippen LogP contribution in [0.1, 0.15) is 27.5 Å². The Morgan fingerprint density at radius 2 is 2.24 bits per heavy atom. The molecule has 4 rings (SSSR count). The summed E-state index contributed by atoms with van der Waals surface area (Å²) >= 11 is 0. The smallest absolute Gasteiger partial charge is 0.273 e. The van der Waals surface area contributed by atoms with Crippen LogP contribution in [0.3, 0.4) is 0 Å². The van der Waals surface area contributed by atoms with Crippen LogP contribution >= 0.6 is 0 Å². The van der Waals surface area contributed by atoms with Crippen LogP contribution < -0.4 is 5.32 Å². The lowest BCUT2D eigenvalue weighted by molar-refractivity contribution is 0.0929. The van der Waals surface area contributed by atoms with Crippen molar-refractivity contribution in [3.63, 3.8) is 0 Å². The maximum atomic E-state index is 12.1. The number of H-pyrrole nitrogens is 1. The van der Waals surface area contributed by atoms with E-state index in [-0.39, 0.29) is 11.9 Å². The zero-order chi connectivity index (χ0) is 14.4. The Balaban J connectivity index is 1.53. The number of rotatable bonds is 2. The number of nitrogens with zero attached hydrogens (tertiary/aromatic N) is 1. The fraction of sp³-hybridized carbons (Fsp3) is 0.250. The lowest BCUT2D eigenvalue weighted by atomic mass is 10.1. The van der Waals surface area contributed by atoms with E-state index in [0.717, 1.165) is 12.8 Å². The topological polar surface area (TPSA) is 70.9 Å². The number of nitrogens with one attached hydrogen (secondary N) is 2. The summed E-state index contributed by atoms with van der Waals surface area (Å²) in [5.74, 6) is 0.467. The van der Waals surface area contributed by atoms with E-state index in [1.807, 2.05) is 12.1 Å². The van der Waals surface area contributed by atoms with Gasteiger partial charge in [0.25, 0.3) is 5.91 Å². The van der Waals surface area contributed by atoms with Crippen LogP contribution in [0.4, 0.5) is 0 Å². The molecule has 0 saturated carbocycles. The summed E-state index contributed by atoms with van der Waals surface area (Å²) in [6, 6.07) is 10.0. The van der Waals surface area contributed by atoms with Crippen LogP contribution in [-0.4, -0.2) is 22.1 Å². The Morgan fingerprint density at radius 3 is 3.05 bits per heavy atom. The Morgan fingerprint density at radius 1 is 1.38 bits per heavy atom. The number of aromatic nitrogens is 2. The number of carbonyl (C=O) groups is 1. The highest BCUT2D eigenvalue weighted by Gasteiger charge is 2.27. The highest BCUT2D eigenvalue weighted by atomic mass is 16.5. The van der Waals surface area contributed by atoms with Gasteiger partial charge in [-0.3, -0.25) is 4.79 Å². The van der Waals surface area contributed by atoms with Gasteiger partial charge in [0.15, 0.2) is 5.69 Å². The van der Waals surface area contributed by atoms with E-state index in [0.29, 0.717) is 11.5 Å². The van der Waals surface area contributed by atoms with E-state index >= 15 is 0 Å². The van der Waals surface area contributed by atoms with E-state index in [1.54, 1.807) is 13.0 Å². The quantitative estimate of drug-likeness (QED) is 0.757. The Kier molecular flexibility index (Phi) is 2.60. The summed E-state index contributed by atoms with van der Waals surface area (Å²) in [4.78, 5) is 15.5.